The van der Waals surface area contributed by atoms with Crippen LogP contribution in [-0.2, 0) is 0 Å². The van der Waals surface area contributed by atoms with Crippen molar-refractivity contribution < 1.29 is 13.9 Å². The van der Waals surface area contributed by atoms with Crippen LogP contribution in [0.15, 0.2) is 12.1 Å². The molecule has 0 saturated carbocycles. The van der Waals surface area contributed by atoms with Gasteiger partial charge in [-0.3, -0.25) is 4.79 Å². The van der Waals surface area contributed by atoms with Crippen molar-refractivity contribution >= 4 is 33.3 Å². The summed E-state index contributed by atoms with van der Waals surface area (Å²) in [5, 5.41) is 0.0238. The van der Waals surface area contributed by atoms with Gasteiger partial charge in [-0.25, -0.2) is 4.39 Å². The molecule has 0 amide bonds. The second-order valence-electron chi connectivity index (χ2n) is 2.53. The van der Waals surface area contributed by atoms with E-state index in [1.807, 2.05) is 0 Å². The van der Waals surface area contributed by atoms with Crippen LogP contribution in [0.3, 0.4) is 0 Å². The molecule has 0 radical (unpaired) electrons. The Labute approximate surface area is 94.1 Å². The van der Waals surface area contributed by atoms with E-state index in [0.29, 0.717) is 0 Å². The smallest absolute Gasteiger partial charge is 0.173 e. The van der Waals surface area contributed by atoms with Crippen LogP contribution in [-0.4, -0.2) is 18.2 Å². The van der Waals surface area contributed by atoms with Gasteiger partial charge < -0.3 is 4.74 Å². The van der Waals surface area contributed by atoms with Crippen molar-refractivity contribution in [3.05, 3.63) is 28.5 Å². The Morgan fingerprint density at radius 2 is 2.29 bits per heavy atom. The summed E-state index contributed by atoms with van der Waals surface area (Å²) in [4.78, 5) is 11.2. The predicted molar refractivity (Wildman–Crippen MR) is 56.1 cm³/mol. The third kappa shape index (κ3) is 2.25. The predicted octanol–water partition coefficient (Wildman–Crippen LogP) is 3.07. The van der Waals surface area contributed by atoms with E-state index < -0.39 is 5.82 Å². The minimum Gasteiger partial charge on any atom is -0.495 e. The van der Waals surface area contributed by atoms with Gasteiger partial charge in [-0.15, -0.1) is 0 Å². The standard InChI is InChI=1S/C9H7BrClFO2/c1-14-8-3-5(7(13)4-10)2-6(12)9(8)11/h2-3H,4H2,1H3. The highest BCUT2D eigenvalue weighted by Gasteiger charge is 2.13. The monoisotopic (exact) mass is 280 g/mol. The summed E-state index contributed by atoms with van der Waals surface area (Å²) in [6.45, 7) is 0. The molecular weight excluding hydrogens is 274 g/mol. The molecule has 0 heterocycles. The normalized spacial score (nSPS) is 10.0. The van der Waals surface area contributed by atoms with Crippen molar-refractivity contribution in [1.29, 1.82) is 0 Å². The van der Waals surface area contributed by atoms with Crippen LogP contribution in [0.5, 0.6) is 5.75 Å². The van der Waals surface area contributed by atoms with Gasteiger partial charge in [0.15, 0.2) is 5.78 Å². The quantitative estimate of drug-likeness (QED) is 0.629. The van der Waals surface area contributed by atoms with Gasteiger partial charge in [-0.05, 0) is 12.1 Å². The first kappa shape index (κ1) is 11.5. The van der Waals surface area contributed by atoms with Crippen molar-refractivity contribution in [2.75, 3.05) is 12.4 Å². The van der Waals surface area contributed by atoms with Crippen molar-refractivity contribution in [2.45, 2.75) is 0 Å². The minimum atomic E-state index is -0.657. The van der Waals surface area contributed by atoms with Gasteiger partial charge in [-0.1, -0.05) is 27.5 Å². The molecule has 1 rings (SSSR count). The summed E-state index contributed by atoms with van der Waals surface area (Å²) in [6.07, 6.45) is 0. The molecular formula is C9H7BrClFO2. The zero-order valence-corrected chi connectivity index (χ0v) is 9.65. The number of carbonyl (C=O) groups excluding carboxylic acids is 1. The molecule has 0 saturated heterocycles. The van der Waals surface area contributed by atoms with Crippen LogP contribution in [0.1, 0.15) is 10.4 Å². The molecule has 0 aromatic heterocycles. The third-order valence-electron chi connectivity index (χ3n) is 1.66. The van der Waals surface area contributed by atoms with Crippen molar-refractivity contribution in [2.24, 2.45) is 0 Å². The van der Waals surface area contributed by atoms with E-state index >= 15 is 0 Å². The molecule has 0 aliphatic carbocycles. The summed E-state index contributed by atoms with van der Waals surface area (Å²) in [7, 11) is 1.36. The van der Waals surface area contributed by atoms with E-state index in [0.717, 1.165) is 6.07 Å². The molecule has 1 aromatic carbocycles. The highest BCUT2D eigenvalue weighted by Crippen LogP contribution is 2.28. The topological polar surface area (TPSA) is 26.3 Å². The molecule has 0 unspecified atom stereocenters. The fourth-order valence-electron chi connectivity index (χ4n) is 0.951. The number of benzene rings is 1. The van der Waals surface area contributed by atoms with Gasteiger partial charge in [0.25, 0.3) is 0 Å². The summed E-state index contributed by atoms with van der Waals surface area (Å²) >= 11 is 8.59. The lowest BCUT2D eigenvalue weighted by Crippen LogP contribution is -2.01. The number of ether oxygens (including phenoxy) is 1. The lowest BCUT2D eigenvalue weighted by Gasteiger charge is -2.05. The number of hydrogen-bond donors (Lipinski definition) is 0. The maximum atomic E-state index is 13.1. The molecule has 0 aliphatic rings. The molecule has 0 bridgehead atoms. The summed E-state index contributed by atoms with van der Waals surface area (Å²) in [5.74, 6) is -0.717. The molecule has 14 heavy (non-hydrogen) atoms. The average Bonchev–Trinajstić information content (AvgIpc) is 2.20. The van der Waals surface area contributed by atoms with Gasteiger partial charge in [0.2, 0.25) is 0 Å². The third-order valence-corrected chi connectivity index (χ3v) is 2.53. The number of carbonyl (C=O) groups is 1. The molecule has 1 aromatic rings. The lowest BCUT2D eigenvalue weighted by molar-refractivity contribution is 0.102. The van der Waals surface area contributed by atoms with E-state index in [1.54, 1.807) is 0 Å². The number of alkyl halides is 1. The van der Waals surface area contributed by atoms with Gasteiger partial charge in [0.05, 0.1) is 12.4 Å². The largest absolute Gasteiger partial charge is 0.495 e. The fraction of sp³-hybridized carbons (Fsp3) is 0.222. The number of hydrogen-bond acceptors (Lipinski definition) is 2. The number of rotatable bonds is 3. The molecule has 2 nitrogen and oxygen atoms in total. The zero-order valence-electron chi connectivity index (χ0n) is 7.31. The van der Waals surface area contributed by atoms with Crippen LogP contribution in [0.4, 0.5) is 4.39 Å². The van der Waals surface area contributed by atoms with E-state index in [-0.39, 0.29) is 27.4 Å². The van der Waals surface area contributed by atoms with Crippen LogP contribution in [0.25, 0.3) is 0 Å². The second-order valence-corrected chi connectivity index (χ2v) is 3.47. The van der Waals surface area contributed by atoms with Gasteiger partial charge in [0.1, 0.15) is 16.6 Å². The Morgan fingerprint density at radius 1 is 1.64 bits per heavy atom. The minimum absolute atomic E-state index is 0.112. The highest BCUT2D eigenvalue weighted by molar-refractivity contribution is 9.09. The van der Waals surface area contributed by atoms with Crippen molar-refractivity contribution in [1.82, 2.24) is 0 Å². The fourth-order valence-corrected chi connectivity index (χ4v) is 1.46. The first-order chi connectivity index (χ1) is 6.60. The molecule has 0 aliphatic heterocycles. The number of ketones is 1. The molecule has 76 valence electrons. The van der Waals surface area contributed by atoms with Gasteiger partial charge in [0, 0.05) is 5.56 Å². The van der Waals surface area contributed by atoms with E-state index in [2.05, 4.69) is 15.9 Å². The molecule has 0 fully saturated rings. The van der Waals surface area contributed by atoms with Crippen molar-refractivity contribution in [3.8, 4) is 5.75 Å². The van der Waals surface area contributed by atoms with E-state index in [4.69, 9.17) is 16.3 Å². The zero-order chi connectivity index (χ0) is 10.7. The van der Waals surface area contributed by atoms with Crippen LogP contribution in [0.2, 0.25) is 5.02 Å². The number of methoxy groups -OCH3 is 1. The maximum Gasteiger partial charge on any atom is 0.173 e. The van der Waals surface area contributed by atoms with Gasteiger partial charge >= 0.3 is 0 Å². The number of halogens is 3. The Morgan fingerprint density at radius 3 is 2.79 bits per heavy atom. The average molecular weight is 282 g/mol. The first-order valence-electron chi connectivity index (χ1n) is 3.72. The van der Waals surface area contributed by atoms with Crippen LogP contribution >= 0.6 is 27.5 Å². The van der Waals surface area contributed by atoms with Crippen molar-refractivity contribution in [3.63, 3.8) is 0 Å². The summed E-state index contributed by atoms with van der Waals surface area (Å²) in [5.41, 5.74) is 0.237. The Balaban J connectivity index is 3.22. The van der Waals surface area contributed by atoms with E-state index in [9.17, 15) is 9.18 Å². The molecule has 0 atom stereocenters. The summed E-state index contributed by atoms with van der Waals surface area (Å²) < 4.78 is 18.0. The Bertz CT molecular complexity index is 368. The lowest BCUT2D eigenvalue weighted by atomic mass is 10.1. The summed E-state index contributed by atoms with van der Waals surface area (Å²) in [6, 6.07) is 2.50. The van der Waals surface area contributed by atoms with Crippen LogP contribution < -0.4 is 4.74 Å². The molecule has 0 spiro atoms. The molecule has 5 heteroatoms. The number of Topliss-reactive ketones (excluding diaryl/α,β-unsaturated/α-hetero) is 1. The first-order valence-corrected chi connectivity index (χ1v) is 5.22. The highest BCUT2D eigenvalue weighted by atomic mass is 79.9. The van der Waals surface area contributed by atoms with Gasteiger partial charge in [-0.2, -0.15) is 0 Å². The Kier molecular flexibility index (Phi) is 3.89. The van der Waals surface area contributed by atoms with Crippen LogP contribution in [0, 0.1) is 5.82 Å². The molecule has 0 N–H and O–H groups in total. The van der Waals surface area contributed by atoms with E-state index in [1.165, 1.54) is 13.2 Å². The second kappa shape index (κ2) is 4.75. The maximum absolute atomic E-state index is 13.1. The SMILES string of the molecule is COc1cc(C(=O)CBr)cc(F)c1Cl. The Hall–Kier alpha value is -0.610.